The van der Waals surface area contributed by atoms with Crippen molar-refractivity contribution in [1.29, 1.82) is 0 Å². The van der Waals surface area contributed by atoms with Crippen LogP contribution in [0.2, 0.25) is 0 Å². The van der Waals surface area contributed by atoms with Crippen molar-refractivity contribution in [1.82, 2.24) is 4.31 Å². The summed E-state index contributed by atoms with van der Waals surface area (Å²) in [6.45, 7) is 4.84. The molecular formula is C23H28N4O6S. The first-order valence-corrected chi connectivity index (χ1v) is 12.5. The third-order valence-corrected chi connectivity index (χ3v) is 7.51. The first-order valence-electron chi connectivity index (χ1n) is 11.1. The fourth-order valence-electron chi connectivity index (χ4n) is 3.95. The van der Waals surface area contributed by atoms with Gasteiger partial charge in [0.05, 0.1) is 36.9 Å². The maximum Gasteiger partial charge on any atom is 0.257 e. The summed E-state index contributed by atoms with van der Waals surface area (Å²) in [4.78, 5) is 26.8. The van der Waals surface area contributed by atoms with Gasteiger partial charge >= 0.3 is 0 Å². The van der Waals surface area contributed by atoms with Crippen LogP contribution in [0.25, 0.3) is 0 Å². The lowest BCUT2D eigenvalue weighted by molar-refractivity contribution is -0.114. The van der Waals surface area contributed by atoms with Gasteiger partial charge in [-0.25, -0.2) is 8.42 Å². The van der Waals surface area contributed by atoms with E-state index in [1.54, 1.807) is 36.4 Å². The minimum atomic E-state index is -3.78. The van der Waals surface area contributed by atoms with E-state index in [0.29, 0.717) is 56.6 Å². The van der Waals surface area contributed by atoms with Crippen LogP contribution >= 0.6 is 0 Å². The van der Waals surface area contributed by atoms with Crippen LogP contribution in [0, 0.1) is 0 Å². The molecule has 0 unspecified atom stereocenters. The quantitative estimate of drug-likeness (QED) is 0.636. The molecule has 34 heavy (non-hydrogen) atoms. The first-order chi connectivity index (χ1) is 16.3. The molecule has 2 heterocycles. The highest BCUT2D eigenvalue weighted by atomic mass is 32.2. The maximum absolute atomic E-state index is 13.4. The number of carbonyl (C=O) groups is 2. The van der Waals surface area contributed by atoms with E-state index in [2.05, 4.69) is 10.6 Å². The number of benzene rings is 2. The molecule has 0 aliphatic carbocycles. The van der Waals surface area contributed by atoms with Gasteiger partial charge in [0, 0.05) is 50.2 Å². The Bertz CT molecular complexity index is 1160. The number of anilines is 3. The van der Waals surface area contributed by atoms with Gasteiger partial charge in [0.2, 0.25) is 15.9 Å². The SMILES string of the molecule is CC(=O)Nc1cccc(NC(=O)c2cc(S(=O)(=O)N3CCOCC3)ccc2N2CCOCC2)c1. The number of sulfonamides is 1. The number of morpholine rings is 2. The molecule has 2 aromatic carbocycles. The molecule has 0 aromatic heterocycles. The molecule has 2 fully saturated rings. The van der Waals surface area contributed by atoms with E-state index in [9.17, 15) is 18.0 Å². The third-order valence-electron chi connectivity index (χ3n) is 5.61. The summed E-state index contributed by atoms with van der Waals surface area (Å²) in [5, 5.41) is 5.51. The van der Waals surface area contributed by atoms with Gasteiger partial charge in [-0.3, -0.25) is 9.59 Å². The lowest BCUT2D eigenvalue weighted by Gasteiger charge is -2.31. The molecule has 2 N–H and O–H groups in total. The highest BCUT2D eigenvalue weighted by Crippen LogP contribution is 2.28. The van der Waals surface area contributed by atoms with Crippen LogP contribution in [0.4, 0.5) is 17.1 Å². The Balaban J connectivity index is 1.67. The van der Waals surface area contributed by atoms with E-state index >= 15 is 0 Å². The van der Waals surface area contributed by atoms with Crippen LogP contribution < -0.4 is 15.5 Å². The van der Waals surface area contributed by atoms with E-state index in [1.165, 1.54) is 17.3 Å². The average molecular weight is 489 g/mol. The van der Waals surface area contributed by atoms with Crippen molar-refractivity contribution in [3.8, 4) is 0 Å². The van der Waals surface area contributed by atoms with Crippen molar-refractivity contribution >= 4 is 38.9 Å². The molecule has 0 spiro atoms. The van der Waals surface area contributed by atoms with Crippen LogP contribution in [-0.4, -0.2) is 77.1 Å². The molecule has 2 amide bonds. The van der Waals surface area contributed by atoms with Crippen molar-refractivity contribution in [3.05, 3.63) is 48.0 Å². The predicted octanol–water partition coefficient (Wildman–Crippen LogP) is 1.75. The molecule has 2 aromatic rings. The van der Waals surface area contributed by atoms with Crippen molar-refractivity contribution in [2.45, 2.75) is 11.8 Å². The summed E-state index contributed by atoms with van der Waals surface area (Å²) in [6.07, 6.45) is 0. The number of nitrogens with one attached hydrogen (secondary N) is 2. The van der Waals surface area contributed by atoms with Crippen LogP contribution in [0.3, 0.4) is 0 Å². The molecule has 0 atom stereocenters. The summed E-state index contributed by atoms with van der Waals surface area (Å²) >= 11 is 0. The predicted molar refractivity (Wildman–Crippen MR) is 128 cm³/mol. The zero-order chi connectivity index (χ0) is 24.1. The van der Waals surface area contributed by atoms with Crippen LogP contribution in [0.15, 0.2) is 47.4 Å². The summed E-state index contributed by atoms with van der Waals surface area (Å²) in [7, 11) is -3.78. The van der Waals surface area contributed by atoms with E-state index < -0.39 is 15.9 Å². The normalized spacial score (nSPS) is 17.3. The Kier molecular flexibility index (Phi) is 7.47. The molecule has 11 heteroatoms. The van der Waals surface area contributed by atoms with Crippen molar-refractivity contribution in [3.63, 3.8) is 0 Å². The Morgan fingerprint density at radius 1 is 0.853 bits per heavy atom. The fourth-order valence-corrected chi connectivity index (χ4v) is 5.38. The van der Waals surface area contributed by atoms with E-state index in [0.717, 1.165) is 0 Å². The monoisotopic (exact) mass is 488 g/mol. The zero-order valence-electron chi connectivity index (χ0n) is 19.0. The highest BCUT2D eigenvalue weighted by molar-refractivity contribution is 7.89. The Morgan fingerprint density at radius 2 is 1.47 bits per heavy atom. The second-order valence-corrected chi connectivity index (χ2v) is 9.95. The van der Waals surface area contributed by atoms with Gasteiger partial charge in [-0.05, 0) is 36.4 Å². The van der Waals surface area contributed by atoms with Gasteiger partial charge in [-0.15, -0.1) is 0 Å². The summed E-state index contributed by atoms with van der Waals surface area (Å²) in [5.74, 6) is -0.667. The first kappa shape index (κ1) is 24.1. The molecule has 0 saturated carbocycles. The Labute approximate surface area is 198 Å². The molecule has 2 aliphatic heterocycles. The van der Waals surface area contributed by atoms with E-state index in [-0.39, 0.29) is 29.5 Å². The number of hydrogen-bond acceptors (Lipinski definition) is 7. The molecule has 2 saturated heterocycles. The molecule has 0 radical (unpaired) electrons. The number of rotatable bonds is 6. The number of carbonyl (C=O) groups excluding carboxylic acids is 2. The van der Waals surface area contributed by atoms with Gasteiger partial charge in [-0.1, -0.05) is 6.07 Å². The van der Waals surface area contributed by atoms with Crippen molar-refractivity contribution < 1.29 is 27.5 Å². The Morgan fingerprint density at radius 3 is 2.12 bits per heavy atom. The highest BCUT2D eigenvalue weighted by Gasteiger charge is 2.29. The smallest absolute Gasteiger partial charge is 0.257 e. The second kappa shape index (κ2) is 10.5. The molecular weight excluding hydrogens is 460 g/mol. The van der Waals surface area contributed by atoms with Gasteiger partial charge in [0.15, 0.2) is 0 Å². The van der Waals surface area contributed by atoms with Crippen LogP contribution in [-0.2, 0) is 24.3 Å². The minimum absolute atomic E-state index is 0.0588. The summed E-state index contributed by atoms with van der Waals surface area (Å²) in [5.41, 5.74) is 1.91. The van der Waals surface area contributed by atoms with Gasteiger partial charge in [0.1, 0.15) is 0 Å². The van der Waals surface area contributed by atoms with Crippen LogP contribution in [0.5, 0.6) is 0 Å². The Hall–Kier alpha value is -2.99. The third kappa shape index (κ3) is 5.55. The number of amides is 2. The topological polar surface area (TPSA) is 117 Å². The summed E-state index contributed by atoms with van der Waals surface area (Å²) in [6, 6.07) is 11.4. The largest absolute Gasteiger partial charge is 0.379 e. The van der Waals surface area contributed by atoms with Crippen molar-refractivity contribution in [2.24, 2.45) is 0 Å². The molecule has 2 aliphatic rings. The molecule has 4 rings (SSSR count). The molecule has 0 bridgehead atoms. The summed E-state index contributed by atoms with van der Waals surface area (Å²) < 4.78 is 38.5. The minimum Gasteiger partial charge on any atom is -0.379 e. The number of hydrogen-bond donors (Lipinski definition) is 2. The average Bonchev–Trinajstić information content (AvgIpc) is 2.84. The number of nitrogens with zero attached hydrogens (tertiary/aromatic N) is 2. The lowest BCUT2D eigenvalue weighted by atomic mass is 10.1. The zero-order valence-corrected chi connectivity index (χ0v) is 19.8. The van der Waals surface area contributed by atoms with E-state index in [1.807, 2.05) is 4.90 Å². The van der Waals surface area contributed by atoms with Crippen LogP contribution in [0.1, 0.15) is 17.3 Å². The van der Waals surface area contributed by atoms with E-state index in [4.69, 9.17) is 9.47 Å². The van der Waals surface area contributed by atoms with Gasteiger partial charge in [0.25, 0.3) is 5.91 Å². The fraction of sp³-hybridized carbons (Fsp3) is 0.391. The van der Waals surface area contributed by atoms with Gasteiger partial charge in [-0.2, -0.15) is 4.31 Å². The molecule has 10 nitrogen and oxygen atoms in total. The number of ether oxygens (including phenoxy) is 2. The van der Waals surface area contributed by atoms with Gasteiger partial charge < -0.3 is 25.0 Å². The molecule has 182 valence electrons. The van der Waals surface area contributed by atoms with Crippen molar-refractivity contribution in [2.75, 3.05) is 68.1 Å². The standard InChI is InChI=1S/C23H28N4O6S/c1-17(28)24-18-3-2-4-19(15-18)25-23(29)21-16-20(34(30,31)27-9-13-33-14-10-27)5-6-22(21)26-7-11-32-12-8-26/h2-6,15-16H,7-14H2,1H3,(H,24,28)(H,25,29). The second-order valence-electron chi connectivity index (χ2n) is 8.01. The lowest BCUT2D eigenvalue weighted by Crippen LogP contribution is -2.41. The maximum atomic E-state index is 13.4.